The number of pyridine rings is 1. The molecule has 1 atom stereocenters. The Kier molecular flexibility index (Phi) is 5.42. The molecule has 124 valence electrons. The zero-order chi connectivity index (χ0) is 17.3. The number of halogens is 5. The Bertz CT molecular complexity index is 619. The van der Waals surface area contributed by atoms with Crippen molar-refractivity contribution < 1.29 is 27.4 Å². The van der Waals surface area contributed by atoms with Crippen molar-refractivity contribution >= 4 is 21.9 Å². The van der Waals surface area contributed by atoms with Crippen LogP contribution in [-0.4, -0.2) is 10.5 Å². The summed E-state index contributed by atoms with van der Waals surface area (Å²) in [5, 5.41) is 0. The molecule has 0 N–H and O–H groups in total. The number of rotatable bonds is 3. The Balaban J connectivity index is 3.42. The summed E-state index contributed by atoms with van der Waals surface area (Å²) in [6.07, 6.45) is -3.90. The summed E-state index contributed by atoms with van der Waals surface area (Å²) < 4.78 is 50.7. The van der Waals surface area contributed by atoms with E-state index in [0.29, 0.717) is 6.07 Å². The van der Waals surface area contributed by atoms with E-state index in [1.54, 1.807) is 20.8 Å². The van der Waals surface area contributed by atoms with Gasteiger partial charge in [0, 0.05) is 21.3 Å². The number of alkyl halides is 3. The third kappa shape index (κ3) is 4.56. The molecule has 1 aromatic heterocycles. The molecule has 0 aliphatic rings. The summed E-state index contributed by atoms with van der Waals surface area (Å²) in [4.78, 5) is 26.6. The Morgan fingerprint density at radius 3 is 2.32 bits per heavy atom. The van der Waals surface area contributed by atoms with Crippen LogP contribution in [0.15, 0.2) is 21.5 Å². The first-order valence-corrected chi connectivity index (χ1v) is 6.97. The van der Waals surface area contributed by atoms with Crippen molar-refractivity contribution in [1.29, 1.82) is 0 Å². The predicted molar refractivity (Wildman–Crippen MR) is 73.7 cm³/mol. The van der Waals surface area contributed by atoms with Crippen LogP contribution in [0.25, 0.3) is 0 Å². The number of carbonyl (C=O) groups is 1. The van der Waals surface area contributed by atoms with Crippen LogP contribution in [0.1, 0.15) is 38.8 Å². The van der Waals surface area contributed by atoms with Gasteiger partial charge >= 0.3 is 12.1 Å². The van der Waals surface area contributed by atoms with Crippen molar-refractivity contribution in [1.82, 2.24) is 4.57 Å². The predicted octanol–water partition coefficient (Wildman–Crippen LogP) is 4.03. The normalized spacial score (nSPS) is 13.8. The second kappa shape index (κ2) is 6.39. The average molecular weight is 388 g/mol. The number of carbonyl (C=O) groups excluding carboxylic acids is 1. The van der Waals surface area contributed by atoms with Gasteiger partial charge in [-0.15, -0.1) is 0 Å². The van der Waals surface area contributed by atoms with E-state index < -0.39 is 39.2 Å². The molecular weight excluding hydrogens is 374 g/mol. The Labute approximate surface area is 132 Å². The SMILES string of the molecule is CC(C)(C)CC(C(=O)OF)n1cc(Br)c(C(F)(F)F)cc1=O. The topological polar surface area (TPSA) is 48.3 Å². The number of hydrogen-bond donors (Lipinski definition) is 0. The van der Waals surface area contributed by atoms with Gasteiger partial charge in [-0.1, -0.05) is 20.8 Å². The summed E-state index contributed by atoms with van der Waals surface area (Å²) in [7, 11) is 0. The number of aromatic nitrogens is 1. The van der Waals surface area contributed by atoms with Gasteiger partial charge in [0.05, 0.1) is 5.56 Å². The fourth-order valence-corrected chi connectivity index (χ4v) is 2.47. The highest BCUT2D eigenvalue weighted by Crippen LogP contribution is 2.35. The molecule has 0 radical (unpaired) electrons. The van der Waals surface area contributed by atoms with Gasteiger partial charge in [-0.3, -0.25) is 14.3 Å². The van der Waals surface area contributed by atoms with Crippen molar-refractivity contribution in [3.8, 4) is 0 Å². The Morgan fingerprint density at radius 1 is 1.36 bits per heavy atom. The third-order valence-electron chi connectivity index (χ3n) is 2.83. The van der Waals surface area contributed by atoms with Crippen LogP contribution in [0.3, 0.4) is 0 Å². The zero-order valence-corrected chi connectivity index (χ0v) is 13.6. The van der Waals surface area contributed by atoms with Crippen LogP contribution in [0.4, 0.5) is 17.7 Å². The summed E-state index contributed by atoms with van der Waals surface area (Å²) in [6, 6.07) is -1.01. The highest BCUT2D eigenvalue weighted by Gasteiger charge is 2.36. The van der Waals surface area contributed by atoms with Crippen molar-refractivity contribution in [2.45, 2.75) is 39.4 Å². The molecule has 0 aliphatic carbocycles. The first-order chi connectivity index (χ1) is 9.86. The largest absolute Gasteiger partial charge is 0.417 e. The van der Waals surface area contributed by atoms with Gasteiger partial charge in [-0.2, -0.15) is 13.2 Å². The molecule has 4 nitrogen and oxygen atoms in total. The third-order valence-corrected chi connectivity index (χ3v) is 3.46. The smallest absolute Gasteiger partial charge is 0.300 e. The van der Waals surface area contributed by atoms with Crippen LogP contribution in [-0.2, 0) is 15.9 Å². The van der Waals surface area contributed by atoms with Gasteiger partial charge < -0.3 is 0 Å². The molecule has 0 bridgehead atoms. The monoisotopic (exact) mass is 387 g/mol. The molecule has 0 aliphatic heterocycles. The van der Waals surface area contributed by atoms with Gasteiger partial charge in [-0.05, 0) is 27.8 Å². The molecule has 9 heteroatoms. The highest BCUT2D eigenvalue weighted by molar-refractivity contribution is 9.10. The quantitative estimate of drug-likeness (QED) is 0.735. The van der Waals surface area contributed by atoms with Crippen molar-refractivity contribution in [2.75, 3.05) is 0 Å². The van der Waals surface area contributed by atoms with Crippen LogP contribution in [0, 0.1) is 5.41 Å². The standard InChI is InChI=1S/C13H14BrF4NO3/c1-12(2,3)5-9(11(21)22-18)19-6-8(14)7(4-10(19)20)13(15,16)17/h4,6,9H,5H2,1-3H3. The second-order valence-corrected chi connectivity index (χ2v) is 6.81. The van der Waals surface area contributed by atoms with E-state index in [-0.39, 0.29) is 6.42 Å². The molecule has 0 amide bonds. The van der Waals surface area contributed by atoms with E-state index in [1.165, 1.54) is 0 Å². The fourth-order valence-electron chi connectivity index (χ4n) is 1.91. The maximum absolute atomic E-state index is 12.7. The van der Waals surface area contributed by atoms with Gasteiger partial charge in [0.2, 0.25) is 0 Å². The van der Waals surface area contributed by atoms with Crippen molar-refractivity contribution in [2.24, 2.45) is 5.41 Å². The summed E-state index contributed by atoms with van der Waals surface area (Å²) in [5.41, 5.74) is -2.74. The van der Waals surface area contributed by atoms with Gasteiger partial charge in [0.25, 0.3) is 5.56 Å². The molecule has 1 rings (SSSR count). The molecule has 22 heavy (non-hydrogen) atoms. The van der Waals surface area contributed by atoms with E-state index in [9.17, 15) is 27.3 Å². The Hall–Kier alpha value is -1.38. The molecular formula is C13H14BrF4NO3. The van der Waals surface area contributed by atoms with Crippen LogP contribution in [0.2, 0.25) is 0 Å². The molecule has 1 heterocycles. The Morgan fingerprint density at radius 2 is 1.91 bits per heavy atom. The zero-order valence-electron chi connectivity index (χ0n) is 12.0. The summed E-state index contributed by atoms with van der Waals surface area (Å²) in [6.45, 7) is 5.20. The van der Waals surface area contributed by atoms with E-state index in [0.717, 1.165) is 10.8 Å². The minimum absolute atomic E-state index is 0.00741. The first-order valence-electron chi connectivity index (χ1n) is 6.18. The summed E-state index contributed by atoms with van der Waals surface area (Å²) >= 11 is 2.71. The molecule has 1 unspecified atom stereocenters. The molecule has 0 spiro atoms. The molecule has 0 fully saturated rings. The lowest BCUT2D eigenvalue weighted by Crippen LogP contribution is -2.33. The van der Waals surface area contributed by atoms with Crippen molar-refractivity contribution in [3.63, 3.8) is 0 Å². The average Bonchev–Trinajstić information content (AvgIpc) is 2.35. The molecule has 0 saturated heterocycles. The minimum Gasteiger partial charge on any atom is -0.300 e. The van der Waals surface area contributed by atoms with Gasteiger partial charge in [0.1, 0.15) is 6.04 Å². The maximum atomic E-state index is 12.7. The molecule has 1 aromatic rings. The van der Waals surface area contributed by atoms with E-state index in [4.69, 9.17) is 0 Å². The van der Waals surface area contributed by atoms with E-state index >= 15 is 0 Å². The first kappa shape index (κ1) is 18.7. The van der Waals surface area contributed by atoms with Crippen LogP contribution in [0.5, 0.6) is 0 Å². The fraction of sp³-hybridized carbons (Fsp3) is 0.538. The lowest BCUT2D eigenvalue weighted by atomic mass is 9.88. The number of nitrogens with zero attached hydrogens (tertiary/aromatic N) is 1. The second-order valence-electron chi connectivity index (χ2n) is 5.96. The lowest BCUT2D eigenvalue weighted by Gasteiger charge is -2.25. The summed E-state index contributed by atoms with van der Waals surface area (Å²) in [5.74, 6) is -1.34. The van der Waals surface area contributed by atoms with Gasteiger partial charge in [0.15, 0.2) is 0 Å². The van der Waals surface area contributed by atoms with E-state index in [1.807, 2.05) is 0 Å². The van der Waals surface area contributed by atoms with Gasteiger partial charge in [-0.25, -0.2) is 4.79 Å². The highest BCUT2D eigenvalue weighted by atomic mass is 79.9. The van der Waals surface area contributed by atoms with E-state index in [2.05, 4.69) is 20.9 Å². The minimum atomic E-state index is -4.72. The molecule has 0 aromatic carbocycles. The lowest BCUT2D eigenvalue weighted by molar-refractivity contribution is -0.189. The maximum Gasteiger partial charge on any atom is 0.417 e. The van der Waals surface area contributed by atoms with Crippen LogP contribution >= 0.6 is 15.9 Å². The van der Waals surface area contributed by atoms with Crippen molar-refractivity contribution in [3.05, 3.63) is 32.7 Å². The number of hydrogen-bond acceptors (Lipinski definition) is 3. The molecule has 0 saturated carbocycles. The van der Waals surface area contributed by atoms with Crippen LogP contribution < -0.4 is 5.56 Å².